The molecule has 1 aromatic heterocycles. The van der Waals surface area contributed by atoms with Crippen LogP contribution in [0.1, 0.15) is 26.5 Å². The molecular weight excluding hydrogens is 447 g/mol. The monoisotopic (exact) mass is 473 g/mol. The highest BCUT2D eigenvalue weighted by Crippen LogP contribution is 2.34. The fourth-order valence-corrected chi connectivity index (χ4v) is 3.71. The lowest BCUT2D eigenvalue weighted by Gasteiger charge is -2.36. The van der Waals surface area contributed by atoms with Gasteiger partial charge in [0.25, 0.3) is 0 Å². The van der Waals surface area contributed by atoms with Crippen LogP contribution in [0.25, 0.3) is 10.9 Å². The van der Waals surface area contributed by atoms with E-state index in [1.54, 1.807) is 23.1 Å². The molecule has 1 saturated heterocycles. The number of carbonyl (C=O) groups excluding carboxylic acids is 1. The van der Waals surface area contributed by atoms with Crippen molar-refractivity contribution in [2.45, 2.75) is 32.5 Å². The summed E-state index contributed by atoms with van der Waals surface area (Å²) >= 11 is 0. The van der Waals surface area contributed by atoms with Crippen molar-refractivity contribution in [3.63, 3.8) is 0 Å². The number of nitrogens with one attached hydrogen (secondary N) is 1. The van der Waals surface area contributed by atoms with Gasteiger partial charge in [-0.3, -0.25) is 0 Å². The lowest BCUT2D eigenvalue weighted by atomic mass is 10.2. The lowest BCUT2D eigenvalue weighted by molar-refractivity contribution is -0.139. The van der Waals surface area contributed by atoms with E-state index in [1.165, 1.54) is 18.2 Å². The maximum absolute atomic E-state index is 13.5. The van der Waals surface area contributed by atoms with E-state index in [9.17, 15) is 18.0 Å². The minimum absolute atomic E-state index is 0.0404. The number of alkyl halides is 3. The van der Waals surface area contributed by atoms with E-state index >= 15 is 0 Å². The number of piperazine rings is 1. The number of carbonyl (C=O) groups is 1. The Kier molecular flexibility index (Phi) is 6.24. The van der Waals surface area contributed by atoms with Gasteiger partial charge in [-0.05, 0) is 51.1 Å². The van der Waals surface area contributed by atoms with Gasteiger partial charge in [-0.15, -0.1) is 0 Å². The topological polar surface area (TPSA) is 70.6 Å². The molecule has 0 spiro atoms. The number of ether oxygens (including phenoxy) is 1. The second-order valence-corrected chi connectivity index (χ2v) is 9.04. The lowest BCUT2D eigenvalue weighted by Crippen LogP contribution is -2.50. The van der Waals surface area contributed by atoms with Crippen molar-refractivity contribution in [3.05, 3.63) is 54.2 Å². The molecule has 0 bridgehead atoms. The van der Waals surface area contributed by atoms with Crippen LogP contribution in [0.15, 0.2) is 48.5 Å². The van der Waals surface area contributed by atoms with E-state index in [0.29, 0.717) is 31.9 Å². The van der Waals surface area contributed by atoms with Gasteiger partial charge in [0.05, 0.1) is 5.52 Å². The predicted molar refractivity (Wildman–Crippen MR) is 124 cm³/mol. The quantitative estimate of drug-likeness (QED) is 0.546. The Bertz CT molecular complexity index is 1170. The summed E-state index contributed by atoms with van der Waals surface area (Å²) < 4.78 is 45.9. The zero-order valence-electron chi connectivity index (χ0n) is 19.2. The van der Waals surface area contributed by atoms with E-state index in [2.05, 4.69) is 20.2 Å². The SMILES string of the molecule is CC(C)(C)OC(=O)N1CCN(c2ccc(Nc3nc(C(F)(F)F)c4ccccc4n3)cc2)CC1. The van der Waals surface area contributed by atoms with Gasteiger partial charge in [0, 0.05) is 42.9 Å². The molecular formula is C24H26F3N5O2. The third-order valence-corrected chi connectivity index (χ3v) is 5.29. The molecule has 0 radical (unpaired) electrons. The zero-order valence-corrected chi connectivity index (χ0v) is 19.2. The average Bonchev–Trinajstić information content (AvgIpc) is 2.77. The van der Waals surface area contributed by atoms with Gasteiger partial charge in [0.2, 0.25) is 5.95 Å². The van der Waals surface area contributed by atoms with E-state index in [1.807, 2.05) is 32.9 Å². The number of amides is 1. The van der Waals surface area contributed by atoms with Crippen LogP contribution in [0.4, 0.5) is 35.3 Å². The van der Waals surface area contributed by atoms with Crippen LogP contribution in [0.3, 0.4) is 0 Å². The normalized spacial score (nSPS) is 14.9. The molecule has 1 amide bonds. The maximum atomic E-state index is 13.5. The highest BCUT2D eigenvalue weighted by molar-refractivity contribution is 5.82. The number of rotatable bonds is 3. The van der Waals surface area contributed by atoms with Crippen molar-refractivity contribution in [2.24, 2.45) is 0 Å². The van der Waals surface area contributed by atoms with Gasteiger partial charge in [-0.2, -0.15) is 13.2 Å². The number of anilines is 3. The van der Waals surface area contributed by atoms with Crippen molar-refractivity contribution >= 4 is 34.3 Å². The summed E-state index contributed by atoms with van der Waals surface area (Å²) in [5.74, 6) is -0.121. The Balaban J connectivity index is 1.43. The van der Waals surface area contributed by atoms with Gasteiger partial charge < -0.3 is 19.9 Å². The summed E-state index contributed by atoms with van der Waals surface area (Å²) in [4.78, 5) is 24.0. The van der Waals surface area contributed by atoms with Gasteiger partial charge in [0.1, 0.15) is 5.60 Å². The Labute approximate surface area is 195 Å². The van der Waals surface area contributed by atoms with Crippen LogP contribution >= 0.6 is 0 Å². The van der Waals surface area contributed by atoms with Crippen LogP contribution < -0.4 is 10.2 Å². The van der Waals surface area contributed by atoms with Crippen LogP contribution in [0.2, 0.25) is 0 Å². The molecule has 10 heteroatoms. The number of fused-ring (bicyclic) bond motifs is 1. The molecule has 34 heavy (non-hydrogen) atoms. The molecule has 2 heterocycles. The maximum Gasteiger partial charge on any atom is 0.434 e. The third-order valence-electron chi connectivity index (χ3n) is 5.29. The van der Waals surface area contributed by atoms with Crippen LogP contribution in [0.5, 0.6) is 0 Å². The fraction of sp³-hybridized carbons (Fsp3) is 0.375. The molecule has 3 aromatic rings. The van der Waals surface area contributed by atoms with Crippen molar-refractivity contribution in [2.75, 3.05) is 36.4 Å². The smallest absolute Gasteiger partial charge is 0.434 e. The minimum Gasteiger partial charge on any atom is -0.444 e. The summed E-state index contributed by atoms with van der Waals surface area (Å²) in [5, 5.41) is 2.83. The van der Waals surface area contributed by atoms with E-state index in [4.69, 9.17) is 4.74 Å². The molecule has 4 rings (SSSR count). The third kappa shape index (κ3) is 5.49. The highest BCUT2D eigenvalue weighted by atomic mass is 19.4. The second kappa shape index (κ2) is 9.00. The molecule has 180 valence electrons. The van der Waals surface area contributed by atoms with Gasteiger partial charge in [-0.1, -0.05) is 18.2 Å². The summed E-state index contributed by atoms with van der Waals surface area (Å²) in [6, 6.07) is 13.3. The van der Waals surface area contributed by atoms with Gasteiger partial charge in [-0.25, -0.2) is 14.8 Å². The van der Waals surface area contributed by atoms with Crippen molar-refractivity contribution in [1.82, 2.24) is 14.9 Å². The first-order valence-electron chi connectivity index (χ1n) is 10.9. The Morgan fingerprint density at radius 3 is 2.21 bits per heavy atom. The van der Waals surface area contributed by atoms with Gasteiger partial charge >= 0.3 is 12.3 Å². The summed E-state index contributed by atoms with van der Waals surface area (Å²) in [5.41, 5.74) is 0.225. The molecule has 1 aliphatic rings. The standard InChI is InChI=1S/C24H26F3N5O2/c1-23(2,3)34-22(33)32-14-12-31(13-15-32)17-10-8-16(9-11-17)28-21-29-19-7-5-4-6-18(19)20(30-21)24(25,26)27/h4-11H,12-15H2,1-3H3,(H,28,29,30). The summed E-state index contributed by atoms with van der Waals surface area (Å²) in [6.45, 7) is 7.89. The molecule has 0 unspecified atom stereocenters. The number of hydrogen-bond donors (Lipinski definition) is 1. The first-order valence-corrected chi connectivity index (χ1v) is 10.9. The first-order chi connectivity index (χ1) is 16.0. The number of para-hydroxylation sites is 1. The average molecular weight is 473 g/mol. The molecule has 2 aromatic carbocycles. The highest BCUT2D eigenvalue weighted by Gasteiger charge is 2.35. The molecule has 1 N–H and O–H groups in total. The molecule has 0 atom stereocenters. The molecule has 7 nitrogen and oxygen atoms in total. The van der Waals surface area contributed by atoms with E-state index in [-0.39, 0.29) is 22.9 Å². The van der Waals surface area contributed by atoms with E-state index in [0.717, 1.165) is 5.69 Å². The van der Waals surface area contributed by atoms with Crippen LogP contribution in [0, 0.1) is 0 Å². The molecule has 1 fully saturated rings. The molecule has 0 saturated carbocycles. The number of hydrogen-bond acceptors (Lipinski definition) is 6. The number of nitrogens with zero attached hydrogens (tertiary/aromatic N) is 4. The van der Waals surface area contributed by atoms with Gasteiger partial charge in [0.15, 0.2) is 5.69 Å². The summed E-state index contributed by atoms with van der Waals surface area (Å²) in [7, 11) is 0. The van der Waals surface area contributed by atoms with Crippen LogP contribution in [-0.4, -0.2) is 52.7 Å². The van der Waals surface area contributed by atoms with E-state index < -0.39 is 17.5 Å². The van der Waals surface area contributed by atoms with Crippen molar-refractivity contribution < 1.29 is 22.7 Å². The van der Waals surface area contributed by atoms with Crippen LogP contribution in [-0.2, 0) is 10.9 Å². The molecule has 0 aliphatic carbocycles. The Morgan fingerprint density at radius 1 is 0.941 bits per heavy atom. The minimum atomic E-state index is -4.59. The van der Waals surface area contributed by atoms with Crippen molar-refractivity contribution in [1.29, 1.82) is 0 Å². The fourth-order valence-electron chi connectivity index (χ4n) is 3.71. The van der Waals surface area contributed by atoms with Crippen molar-refractivity contribution in [3.8, 4) is 0 Å². The number of halogens is 3. The first kappa shape index (κ1) is 23.6. The zero-order chi connectivity index (χ0) is 24.5. The molecule has 1 aliphatic heterocycles. The summed E-state index contributed by atoms with van der Waals surface area (Å²) in [6.07, 6.45) is -4.91. The Morgan fingerprint density at radius 2 is 1.59 bits per heavy atom. The largest absolute Gasteiger partial charge is 0.444 e. The number of benzene rings is 2. The Hall–Kier alpha value is -3.56. The number of aromatic nitrogens is 2. The predicted octanol–water partition coefficient (Wildman–Crippen LogP) is 5.45. The second-order valence-electron chi connectivity index (χ2n) is 9.04.